The fourth-order valence-corrected chi connectivity index (χ4v) is 0.728. The first-order valence-corrected chi connectivity index (χ1v) is 4.01. The number of hydrogen-bond donors (Lipinski definition) is 2. The van der Waals surface area contributed by atoms with E-state index < -0.39 is 10.3 Å². The Morgan fingerprint density at radius 3 is 2.44 bits per heavy atom. The first kappa shape index (κ1) is 8.87. The van der Waals surface area contributed by atoms with Crippen LogP contribution in [0.2, 0.25) is 0 Å². The van der Waals surface area contributed by atoms with Crippen LogP contribution in [-0.2, 0) is 10.3 Å². The molecule has 0 amide bonds. The van der Waals surface area contributed by atoms with Crippen LogP contribution in [0.1, 0.15) is 12.8 Å². The summed E-state index contributed by atoms with van der Waals surface area (Å²) in [6.07, 6.45) is 1.29. The fourth-order valence-electron chi connectivity index (χ4n) is 0.326. The van der Waals surface area contributed by atoms with Crippen molar-refractivity contribution in [2.45, 2.75) is 12.8 Å². The molecule has 0 atom stereocenters. The standard InChI is InChI=1S/C4H10NO3S/c1-2-3-4-5-9(6,7)8/h5H,1-4H2,(H,6,7,8). The Balaban J connectivity index is 3.30. The van der Waals surface area contributed by atoms with E-state index in [1.54, 1.807) is 0 Å². The zero-order chi connectivity index (χ0) is 7.33. The van der Waals surface area contributed by atoms with Crippen molar-refractivity contribution in [3.8, 4) is 0 Å². The lowest BCUT2D eigenvalue weighted by molar-refractivity contribution is 0.467. The van der Waals surface area contributed by atoms with E-state index in [1.807, 2.05) is 4.72 Å². The first-order valence-electron chi connectivity index (χ1n) is 2.57. The molecule has 0 aliphatic carbocycles. The van der Waals surface area contributed by atoms with Crippen molar-refractivity contribution in [3.05, 3.63) is 6.92 Å². The summed E-state index contributed by atoms with van der Waals surface area (Å²) in [4.78, 5) is 0. The Labute approximate surface area is 55.1 Å². The predicted octanol–water partition coefficient (Wildman–Crippen LogP) is -0.00691. The minimum Gasteiger partial charge on any atom is -0.273 e. The van der Waals surface area contributed by atoms with Crippen LogP contribution in [0.25, 0.3) is 0 Å². The van der Waals surface area contributed by atoms with Gasteiger partial charge in [-0.15, -0.1) is 0 Å². The van der Waals surface area contributed by atoms with E-state index in [-0.39, 0.29) is 6.54 Å². The smallest absolute Gasteiger partial charge is 0.273 e. The molecule has 55 valence electrons. The zero-order valence-electron chi connectivity index (χ0n) is 5.00. The Morgan fingerprint density at radius 1 is 1.56 bits per heavy atom. The maximum Gasteiger partial charge on any atom is 0.333 e. The highest BCUT2D eigenvalue weighted by molar-refractivity contribution is 7.83. The van der Waals surface area contributed by atoms with E-state index in [0.29, 0.717) is 12.8 Å². The summed E-state index contributed by atoms with van der Waals surface area (Å²) in [5.74, 6) is 0. The summed E-state index contributed by atoms with van der Waals surface area (Å²) in [7, 11) is -3.97. The molecule has 0 unspecified atom stereocenters. The molecule has 0 aromatic rings. The molecule has 0 heterocycles. The summed E-state index contributed by atoms with van der Waals surface area (Å²) in [5, 5.41) is 0. The van der Waals surface area contributed by atoms with Crippen LogP contribution < -0.4 is 4.72 Å². The third-order valence-corrected chi connectivity index (χ3v) is 1.28. The Bertz CT molecular complexity index is 151. The van der Waals surface area contributed by atoms with Crippen LogP contribution in [0, 0.1) is 6.92 Å². The fraction of sp³-hybridized carbons (Fsp3) is 0.750. The largest absolute Gasteiger partial charge is 0.333 e. The van der Waals surface area contributed by atoms with Crippen LogP contribution in [0.15, 0.2) is 0 Å². The molecular weight excluding hydrogens is 142 g/mol. The molecule has 4 nitrogen and oxygen atoms in total. The quantitative estimate of drug-likeness (QED) is 0.440. The molecule has 0 saturated carbocycles. The van der Waals surface area contributed by atoms with Gasteiger partial charge in [0.1, 0.15) is 0 Å². The van der Waals surface area contributed by atoms with E-state index >= 15 is 0 Å². The lowest BCUT2D eigenvalue weighted by Gasteiger charge is -1.96. The number of hydrogen-bond acceptors (Lipinski definition) is 2. The third kappa shape index (κ3) is 7.87. The van der Waals surface area contributed by atoms with Gasteiger partial charge in [-0.1, -0.05) is 13.3 Å². The maximum atomic E-state index is 9.93. The summed E-state index contributed by atoms with van der Waals surface area (Å²) in [5.41, 5.74) is 0. The monoisotopic (exact) mass is 152 g/mol. The summed E-state index contributed by atoms with van der Waals surface area (Å²) < 4.78 is 29.9. The van der Waals surface area contributed by atoms with E-state index in [1.165, 1.54) is 0 Å². The Hall–Kier alpha value is -0.130. The third-order valence-electron chi connectivity index (χ3n) is 0.711. The topological polar surface area (TPSA) is 66.4 Å². The summed E-state index contributed by atoms with van der Waals surface area (Å²) in [6.45, 7) is 3.74. The van der Waals surface area contributed by atoms with Gasteiger partial charge < -0.3 is 0 Å². The van der Waals surface area contributed by atoms with Crippen molar-refractivity contribution in [2.24, 2.45) is 0 Å². The highest BCUT2D eigenvalue weighted by Crippen LogP contribution is 1.82. The normalized spacial score (nSPS) is 11.8. The average molecular weight is 152 g/mol. The van der Waals surface area contributed by atoms with Crippen LogP contribution in [0.3, 0.4) is 0 Å². The van der Waals surface area contributed by atoms with Gasteiger partial charge in [-0.3, -0.25) is 4.55 Å². The molecule has 0 aromatic carbocycles. The average Bonchev–Trinajstić information content (AvgIpc) is 1.63. The second-order valence-electron chi connectivity index (χ2n) is 1.58. The maximum absolute atomic E-state index is 9.93. The van der Waals surface area contributed by atoms with E-state index in [4.69, 9.17) is 4.55 Å². The molecule has 1 radical (unpaired) electrons. The van der Waals surface area contributed by atoms with Crippen molar-refractivity contribution < 1.29 is 13.0 Å². The molecule has 2 N–H and O–H groups in total. The SMILES string of the molecule is [CH2]CCCNS(=O)(=O)O. The van der Waals surface area contributed by atoms with Crippen molar-refractivity contribution in [2.75, 3.05) is 6.54 Å². The number of nitrogens with one attached hydrogen (secondary N) is 1. The van der Waals surface area contributed by atoms with Gasteiger partial charge in [0.15, 0.2) is 0 Å². The summed E-state index contributed by atoms with van der Waals surface area (Å²) >= 11 is 0. The second kappa shape index (κ2) is 3.81. The molecule has 0 aromatic heterocycles. The van der Waals surface area contributed by atoms with Gasteiger partial charge in [-0.2, -0.15) is 13.1 Å². The van der Waals surface area contributed by atoms with Gasteiger partial charge in [0.05, 0.1) is 0 Å². The Morgan fingerprint density at radius 2 is 2.11 bits per heavy atom. The summed E-state index contributed by atoms with van der Waals surface area (Å²) in [6, 6.07) is 0. The number of unbranched alkanes of at least 4 members (excludes halogenated alkanes) is 1. The molecule has 0 spiro atoms. The zero-order valence-corrected chi connectivity index (χ0v) is 5.82. The van der Waals surface area contributed by atoms with Gasteiger partial charge >= 0.3 is 10.3 Å². The van der Waals surface area contributed by atoms with Crippen LogP contribution in [0.5, 0.6) is 0 Å². The van der Waals surface area contributed by atoms with Crippen molar-refractivity contribution >= 4 is 10.3 Å². The highest BCUT2D eigenvalue weighted by Gasteiger charge is 1.98. The first-order chi connectivity index (χ1) is 4.06. The minimum atomic E-state index is -3.97. The molecule has 0 aliphatic heterocycles. The Kier molecular flexibility index (Phi) is 3.76. The van der Waals surface area contributed by atoms with E-state index in [2.05, 4.69) is 6.92 Å². The molecule has 9 heavy (non-hydrogen) atoms. The van der Waals surface area contributed by atoms with E-state index in [9.17, 15) is 8.42 Å². The van der Waals surface area contributed by atoms with Gasteiger partial charge in [-0.25, -0.2) is 0 Å². The van der Waals surface area contributed by atoms with E-state index in [0.717, 1.165) is 0 Å². The predicted molar refractivity (Wildman–Crippen MR) is 34.1 cm³/mol. The van der Waals surface area contributed by atoms with Gasteiger partial charge in [0.25, 0.3) is 0 Å². The second-order valence-corrected chi connectivity index (χ2v) is 2.82. The van der Waals surface area contributed by atoms with Gasteiger partial charge in [-0.05, 0) is 6.42 Å². The molecule has 0 saturated heterocycles. The van der Waals surface area contributed by atoms with Gasteiger partial charge in [0.2, 0.25) is 0 Å². The van der Waals surface area contributed by atoms with Crippen molar-refractivity contribution in [1.29, 1.82) is 0 Å². The lowest BCUT2D eigenvalue weighted by atomic mass is 10.3. The van der Waals surface area contributed by atoms with Crippen molar-refractivity contribution in [1.82, 2.24) is 4.72 Å². The molecule has 5 heteroatoms. The molecule has 0 fully saturated rings. The van der Waals surface area contributed by atoms with Crippen molar-refractivity contribution in [3.63, 3.8) is 0 Å². The molecule has 0 rings (SSSR count). The van der Waals surface area contributed by atoms with Crippen LogP contribution in [-0.4, -0.2) is 19.5 Å². The molecule has 0 bridgehead atoms. The number of rotatable bonds is 4. The van der Waals surface area contributed by atoms with Gasteiger partial charge in [0, 0.05) is 6.54 Å². The lowest BCUT2D eigenvalue weighted by Crippen LogP contribution is -2.23. The van der Waals surface area contributed by atoms with Crippen LogP contribution >= 0.6 is 0 Å². The van der Waals surface area contributed by atoms with Crippen LogP contribution in [0.4, 0.5) is 0 Å². The molecular formula is C4H10NO3S. The molecule has 0 aliphatic rings. The highest BCUT2D eigenvalue weighted by atomic mass is 32.2. The minimum absolute atomic E-state index is 0.252.